The number of fused-ring (bicyclic) bond motifs is 4. The molecule has 4 heterocycles. The monoisotopic (exact) mass is 696 g/mol. The lowest BCUT2D eigenvalue weighted by Gasteiger charge is -2.35. The van der Waals surface area contributed by atoms with E-state index in [1.54, 1.807) is 11.5 Å². The van der Waals surface area contributed by atoms with E-state index in [2.05, 4.69) is 122 Å². The third-order valence-electron chi connectivity index (χ3n) is 9.14. The molecule has 1 N–H and O–H groups in total. The van der Waals surface area contributed by atoms with E-state index in [1.165, 1.54) is 37.7 Å². The van der Waals surface area contributed by atoms with Crippen molar-refractivity contribution < 1.29 is 4.79 Å². The molecule has 48 heavy (non-hydrogen) atoms. The number of halogens is 1. The van der Waals surface area contributed by atoms with Gasteiger partial charge < -0.3 is 20.0 Å². The van der Waals surface area contributed by atoms with Crippen LogP contribution in [0.5, 0.6) is 0 Å². The van der Waals surface area contributed by atoms with Gasteiger partial charge in [-0.15, -0.1) is 0 Å². The Morgan fingerprint density at radius 2 is 1.56 bits per heavy atom. The smallest absolute Gasteiger partial charge is 0.228 e. The molecule has 1 fully saturated rings. The van der Waals surface area contributed by atoms with Crippen molar-refractivity contribution in [3.8, 4) is 0 Å². The van der Waals surface area contributed by atoms with E-state index in [4.69, 9.17) is 11.6 Å². The molecule has 3 aliphatic heterocycles. The first-order valence-corrected chi connectivity index (χ1v) is 18.6. The van der Waals surface area contributed by atoms with Crippen LogP contribution in [-0.4, -0.2) is 80.0 Å². The fourth-order valence-corrected chi connectivity index (χ4v) is 8.77. The zero-order valence-corrected chi connectivity index (χ0v) is 29.9. The van der Waals surface area contributed by atoms with Gasteiger partial charge in [0.05, 0.1) is 22.5 Å². The van der Waals surface area contributed by atoms with Gasteiger partial charge >= 0.3 is 0 Å². The molecule has 1 aromatic heterocycles. The van der Waals surface area contributed by atoms with Gasteiger partial charge in [-0.2, -0.15) is 4.37 Å². The van der Waals surface area contributed by atoms with Crippen LogP contribution in [0.2, 0.25) is 5.02 Å². The van der Waals surface area contributed by atoms with Crippen molar-refractivity contribution in [3.05, 3.63) is 101 Å². The molecule has 10 heteroatoms. The Hall–Kier alpha value is -3.60. The normalized spacial score (nSPS) is 15.5. The van der Waals surface area contributed by atoms with Gasteiger partial charge in [0.2, 0.25) is 5.91 Å². The number of aromatic nitrogens is 1. The summed E-state index contributed by atoms with van der Waals surface area (Å²) < 4.78 is 5.94. The van der Waals surface area contributed by atoms with E-state index in [1.807, 2.05) is 17.8 Å². The molecular formula is C38H41ClN6OS2. The Morgan fingerprint density at radius 3 is 2.29 bits per heavy atom. The maximum Gasteiger partial charge on any atom is 0.228 e. The van der Waals surface area contributed by atoms with Gasteiger partial charge in [0.25, 0.3) is 0 Å². The number of anilines is 4. The standard InChI is InChI=1S/C21H21ClN4OS.C17H20N2S/c22-17-13-18-15(12-20(27)23-18)11-14(17)5-6-25-7-9-26(10-8-25)21-16-3-1-2-4-19(16)28-24-21;1-18(2)12-7-13-19-14-8-3-5-10-16(14)20-17-11-6-4-9-15(17)19/h1-4,11,13H,5-10,12H2,(H,23,27);3-6,8-11H,7,12-13H2,1-2H3. The number of amides is 1. The van der Waals surface area contributed by atoms with Crippen LogP contribution in [0.15, 0.2) is 94.7 Å². The Labute approximate surface area is 296 Å². The zero-order chi connectivity index (χ0) is 33.0. The average molecular weight is 697 g/mol. The lowest BCUT2D eigenvalue weighted by atomic mass is 10.1. The highest BCUT2D eigenvalue weighted by Crippen LogP contribution is 2.47. The molecule has 8 rings (SSSR count). The first kappa shape index (κ1) is 32.9. The molecule has 0 atom stereocenters. The largest absolute Gasteiger partial charge is 0.353 e. The topological polar surface area (TPSA) is 55.0 Å². The minimum absolute atomic E-state index is 0.0499. The molecule has 5 aromatic rings. The van der Waals surface area contributed by atoms with Crippen molar-refractivity contribution in [3.63, 3.8) is 0 Å². The van der Waals surface area contributed by atoms with E-state index >= 15 is 0 Å². The van der Waals surface area contributed by atoms with Gasteiger partial charge in [-0.25, -0.2) is 0 Å². The van der Waals surface area contributed by atoms with Crippen molar-refractivity contribution in [2.75, 3.05) is 75.0 Å². The first-order chi connectivity index (χ1) is 23.4. The fraction of sp³-hybridized carbons (Fsp3) is 0.316. The highest BCUT2D eigenvalue weighted by Gasteiger charge is 2.24. The number of carbonyl (C=O) groups is 1. The van der Waals surface area contributed by atoms with Crippen molar-refractivity contribution in [1.82, 2.24) is 14.2 Å². The van der Waals surface area contributed by atoms with Crippen molar-refractivity contribution in [1.29, 1.82) is 0 Å². The summed E-state index contributed by atoms with van der Waals surface area (Å²) in [7, 11) is 4.27. The number of piperazine rings is 1. The summed E-state index contributed by atoms with van der Waals surface area (Å²) in [5.41, 5.74) is 5.74. The van der Waals surface area contributed by atoms with Gasteiger partial charge in [0.15, 0.2) is 0 Å². The number of hydrogen-bond donors (Lipinski definition) is 1. The van der Waals surface area contributed by atoms with E-state index in [0.717, 1.165) is 79.9 Å². The predicted octanol–water partition coefficient (Wildman–Crippen LogP) is 8.05. The number of benzene rings is 4. The molecule has 248 valence electrons. The summed E-state index contributed by atoms with van der Waals surface area (Å²) in [6.45, 7) is 7.18. The molecule has 0 unspecified atom stereocenters. The number of nitrogens with zero attached hydrogens (tertiary/aromatic N) is 5. The van der Waals surface area contributed by atoms with Crippen molar-refractivity contribution >= 4 is 73.8 Å². The molecule has 0 aliphatic carbocycles. The molecule has 1 saturated heterocycles. The number of hydrogen-bond acceptors (Lipinski definition) is 8. The van der Waals surface area contributed by atoms with E-state index in [-0.39, 0.29) is 5.91 Å². The van der Waals surface area contributed by atoms with Crippen LogP contribution in [0.3, 0.4) is 0 Å². The predicted molar refractivity (Wildman–Crippen MR) is 203 cm³/mol. The van der Waals surface area contributed by atoms with Crippen LogP contribution in [-0.2, 0) is 17.6 Å². The molecule has 0 saturated carbocycles. The Bertz CT molecular complexity index is 1860. The molecule has 1 amide bonds. The lowest BCUT2D eigenvalue weighted by molar-refractivity contribution is -0.115. The maximum absolute atomic E-state index is 11.6. The third kappa shape index (κ3) is 7.36. The number of carbonyl (C=O) groups excluding carboxylic acids is 1. The fourth-order valence-electron chi connectivity index (χ4n) is 6.62. The highest BCUT2D eigenvalue weighted by molar-refractivity contribution is 7.99. The number of para-hydroxylation sites is 2. The van der Waals surface area contributed by atoms with Gasteiger partial charge in [-0.3, -0.25) is 9.69 Å². The highest BCUT2D eigenvalue weighted by atomic mass is 35.5. The minimum atomic E-state index is 0.0499. The SMILES string of the molecule is CN(C)CCCN1c2ccccc2Sc2ccccc21.O=C1Cc2cc(CCN3CCN(c4nsc5ccccc45)CC3)c(Cl)cc2N1. The Morgan fingerprint density at radius 1 is 0.875 bits per heavy atom. The summed E-state index contributed by atoms with van der Waals surface area (Å²) >= 11 is 9.89. The van der Waals surface area contributed by atoms with Gasteiger partial charge in [0.1, 0.15) is 5.82 Å². The van der Waals surface area contributed by atoms with Gasteiger partial charge in [0, 0.05) is 65.2 Å². The summed E-state index contributed by atoms with van der Waals surface area (Å²) in [6, 6.07) is 29.8. The molecule has 7 nitrogen and oxygen atoms in total. The Balaban J connectivity index is 0.000000161. The maximum atomic E-state index is 11.6. The molecule has 0 radical (unpaired) electrons. The Kier molecular flexibility index (Phi) is 10.2. The molecule has 3 aliphatic rings. The second-order valence-electron chi connectivity index (χ2n) is 12.8. The second kappa shape index (κ2) is 14.9. The first-order valence-electron chi connectivity index (χ1n) is 16.6. The van der Waals surface area contributed by atoms with E-state index in [0.29, 0.717) is 6.42 Å². The lowest BCUT2D eigenvalue weighted by Crippen LogP contribution is -2.47. The quantitative estimate of drug-likeness (QED) is 0.176. The zero-order valence-electron chi connectivity index (χ0n) is 27.5. The summed E-state index contributed by atoms with van der Waals surface area (Å²) in [5.74, 6) is 1.17. The molecule has 0 bridgehead atoms. The van der Waals surface area contributed by atoms with Crippen molar-refractivity contribution in [2.45, 2.75) is 29.1 Å². The van der Waals surface area contributed by atoms with Crippen LogP contribution in [0.25, 0.3) is 10.1 Å². The minimum Gasteiger partial charge on any atom is -0.353 e. The third-order valence-corrected chi connectivity index (χ3v) is 11.4. The molecule has 4 aromatic carbocycles. The number of rotatable bonds is 8. The van der Waals surface area contributed by atoms with E-state index < -0.39 is 0 Å². The van der Waals surface area contributed by atoms with Crippen LogP contribution in [0.4, 0.5) is 22.9 Å². The summed E-state index contributed by atoms with van der Waals surface area (Å²) in [4.78, 5) is 23.9. The second-order valence-corrected chi connectivity index (χ2v) is 15.0. The van der Waals surface area contributed by atoms with E-state index in [9.17, 15) is 4.79 Å². The van der Waals surface area contributed by atoms with Gasteiger partial charge in [-0.05, 0) is 98.6 Å². The van der Waals surface area contributed by atoms with Crippen LogP contribution >= 0.6 is 34.9 Å². The van der Waals surface area contributed by atoms with Crippen LogP contribution < -0.4 is 15.1 Å². The molecule has 0 spiro atoms. The van der Waals surface area contributed by atoms with Crippen molar-refractivity contribution in [2.24, 2.45) is 0 Å². The average Bonchev–Trinajstić information content (AvgIpc) is 3.69. The summed E-state index contributed by atoms with van der Waals surface area (Å²) in [5, 5.41) is 4.86. The van der Waals surface area contributed by atoms with Gasteiger partial charge in [-0.1, -0.05) is 65.8 Å². The van der Waals surface area contributed by atoms with Crippen LogP contribution in [0.1, 0.15) is 17.5 Å². The van der Waals surface area contributed by atoms with Crippen LogP contribution in [0, 0.1) is 0 Å². The summed E-state index contributed by atoms with van der Waals surface area (Å²) in [6.07, 6.45) is 2.53. The number of nitrogens with one attached hydrogen (secondary N) is 1. The molecular weight excluding hydrogens is 656 g/mol.